The molecule has 1 amide bonds. The molecule has 0 spiro atoms. The van der Waals surface area contributed by atoms with Crippen LogP contribution in [-0.2, 0) is 4.79 Å². The van der Waals surface area contributed by atoms with Crippen LogP contribution in [0.1, 0.15) is 11.6 Å². The first-order valence-corrected chi connectivity index (χ1v) is 7.93. The maximum Gasteiger partial charge on any atom is 0.231 e. The van der Waals surface area contributed by atoms with Crippen LogP contribution in [0.25, 0.3) is 0 Å². The second-order valence-electron chi connectivity index (χ2n) is 4.76. The van der Waals surface area contributed by atoms with Crippen LogP contribution in [0.5, 0.6) is 5.75 Å². The van der Waals surface area contributed by atoms with Crippen molar-refractivity contribution >= 4 is 17.7 Å². The van der Waals surface area contributed by atoms with E-state index in [1.807, 2.05) is 6.07 Å². The summed E-state index contributed by atoms with van der Waals surface area (Å²) in [6.45, 7) is 0. The molecule has 0 unspecified atom stereocenters. The number of carbonyl (C=O) groups excluding carboxylic acids is 1. The SMILES string of the molecule is COc1cccc(SCC(=O)N[C@H](C#N)c2ccc(F)cc2F)c1. The van der Waals surface area contributed by atoms with Gasteiger partial charge in [-0.15, -0.1) is 11.8 Å². The Balaban J connectivity index is 1.98. The number of ether oxygens (including phenoxy) is 1. The summed E-state index contributed by atoms with van der Waals surface area (Å²) in [7, 11) is 1.55. The number of thioether (sulfide) groups is 1. The summed E-state index contributed by atoms with van der Waals surface area (Å²) in [4.78, 5) is 12.8. The number of methoxy groups -OCH3 is 1. The Labute approximate surface area is 142 Å². The fourth-order valence-corrected chi connectivity index (χ4v) is 2.71. The molecule has 1 atom stereocenters. The molecule has 0 fully saturated rings. The molecule has 2 aromatic rings. The van der Waals surface area contributed by atoms with Crippen LogP contribution in [-0.4, -0.2) is 18.8 Å². The standard InChI is InChI=1S/C17H14F2N2O2S/c1-23-12-3-2-4-13(8-12)24-10-17(22)21-16(9-20)14-6-5-11(18)7-15(14)19/h2-8,16H,10H2,1H3,(H,21,22)/t16-/m1/s1. The van der Waals surface area contributed by atoms with Crippen molar-refractivity contribution in [3.8, 4) is 11.8 Å². The van der Waals surface area contributed by atoms with Gasteiger partial charge in [0.2, 0.25) is 5.91 Å². The van der Waals surface area contributed by atoms with Crippen molar-refractivity contribution in [1.29, 1.82) is 5.26 Å². The van der Waals surface area contributed by atoms with Crippen LogP contribution >= 0.6 is 11.8 Å². The van der Waals surface area contributed by atoms with Gasteiger partial charge in [0.15, 0.2) is 0 Å². The topological polar surface area (TPSA) is 62.1 Å². The molecule has 1 N–H and O–H groups in total. The summed E-state index contributed by atoms with van der Waals surface area (Å²) < 4.78 is 31.7. The molecule has 0 aliphatic carbocycles. The molecule has 24 heavy (non-hydrogen) atoms. The number of hydrogen-bond acceptors (Lipinski definition) is 4. The zero-order chi connectivity index (χ0) is 17.5. The molecule has 0 bridgehead atoms. The minimum absolute atomic E-state index is 0.0498. The predicted molar refractivity (Wildman–Crippen MR) is 86.6 cm³/mol. The number of halogens is 2. The Morgan fingerprint density at radius 1 is 1.33 bits per heavy atom. The predicted octanol–water partition coefficient (Wildman–Crippen LogP) is 3.45. The van der Waals surface area contributed by atoms with Gasteiger partial charge in [0.05, 0.1) is 18.9 Å². The lowest BCUT2D eigenvalue weighted by atomic mass is 10.1. The average Bonchev–Trinajstić information content (AvgIpc) is 2.58. The molecule has 2 rings (SSSR count). The van der Waals surface area contributed by atoms with Gasteiger partial charge in [-0.2, -0.15) is 5.26 Å². The summed E-state index contributed by atoms with van der Waals surface area (Å²) in [5.41, 5.74) is -0.0707. The largest absolute Gasteiger partial charge is 0.497 e. The molecule has 2 aromatic carbocycles. The second kappa shape index (κ2) is 8.31. The maximum atomic E-state index is 13.7. The van der Waals surface area contributed by atoms with Gasteiger partial charge < -0.3 is 10.1 Å². The molecule has 7 heteroatoms. The molecule has 124 valence electrons. The Morgan fingerprint density at radius 2 is 2.12 bits per heavy atom. The lowest BCUT2D eigenvalue weighted by molar-refractivity contribution is -0.118. The highest BCUT2D eigenvalue weighted by Crippen LogP contribution is 2.23. The van der Waals surface area contributed by atoms with Crippen molar-refractivity contribution < 1.29 is 18.3 Å². The second-order valence-corrected chi connectivity index (χ2v) is 5.81. The van der Waals surface area contributed by atoms with E-state index in [9.17, 15) is 13.6 Å². The Bertz CT molecular complexity index is 777. The van der Waals surface area contributed by atoms with Crippen molar-refractivity contribution in [2.75, 3.05) is 12.9 Å². The van der Waals surface area contributed by atoms with Crippen LogP contribution in [0, 0.1) is 23.0 Å². The van der Waals surface area contributed by atoms with Crippen LogP contribution in [0.15, 0.2) is 47.4 Å². The van der Waals surface area contributed by atoms with Gasteiger partial charge in [-0.3, -0.25) is 4.79 Å². The monoisotopic (exact) mass is 348 g/mol. The minimum Gasteiger partial charge on any atom is -0.497 e. The molecule has 0 saturated heterocycles. The summed E-state index contributed by atoms with van der Waals surface area (Å²) in [5.74, 6) is -1.33. The first-order valence-electron chi connectivity index (χ1n) is 6.94. The van der Waals surface area contributed by atoms with Crippen LogP contribution in [0.3, 0.4) is 0 Å². The average molecular weight is 348 g/mol. The highest BCUT2D eigenvalue weighted by atomic mass is 32.2. The zero-order valence-corrected chi connectivity index (χ0v) is 13.6. The molecule has 0 saturated carbocycles. The molecular weight excluding hydrogens is 334 g/mol. The first-order chi connectivity index (χ1) is 11.5. The number of carbonyl (C=O) groups is 1. The lowest BCUT2D eigenvalue weighted by Crippen LogP contribution is -2.29. The van der Waals surface area contributed by atoms with Crippen molar-refractivity contribution in [1.82, 2.24) is 5.32 Å². The third kappa shape index (κ3) is 4.70. The van der Waals surface area contributed by atoms with Crippen LogP contribution in [0.4, 0.5) is 8.78 Å². The highest BCUT2D eigenvalue weighted by molar-refractivity contribution is 8.00. The molecule has 0 heterocycles. The Hall–Kier alpha value is -2.59. The molecule has 4 nitrogen and oxygen atoms in total. The number of rotatable bonds is 6. The smallest absolute Gasteiger partial charge is 0.231 e. The molecular formula is C17H14F2N2O2S. The molecule has 0 aliphatic rings. The number of nitrogens with zero attached hydrogens (tertiary/aromatic N) is 1. The van der Waals surface area contributed by atoms with Crippen molar-refractivity contribution in [3.63, 3.8) is 0 Å². The minimum atomic E-state index is -1.18. The van der Waals surface area contributed by atoms with Gasteiger partial charge in [0, 0.05) is 16.5 Å². The first kappa shape index (κ1) is 17.8. The summed E-state index contributed by atoms with van der Waals surface area (Å²) >= 11 is 1.26. The van der Waals surface area contributed by atoms with E-state index in [4.69, 9.17) is 10.00 Å². The van der Waals surface area contributed by atoms with E-state index in [-0.39, 0.29) is 11.3 Å². The van der Waals surface area contributed by atoms with Crippen molar-refractivity contribution in [2.24, 2.45) is 0 Å². The van der Waals surface area contributed by atoms with E-state index >= 15 is 0 Å². The van der Waals surface area contributed by atoms with Gasteiger partial charge >= 0.3 is 0 Å². The van der Waals surface area contributed by atoms with Gasteiger partial charge in [0.1, 0.15) is 23.4 Å². The third-order valence-corrected chi connectivity index (χ3v) is 4.11. The Kier molecular flexibility index (Phi) is 6.15. The summed E-state index contributed by atoms with van der Waals surface area (Å²) in [5, 5.41) is 11.6. The van der Waals surface area contributed by atoms with Crippen LogP contribution < -0.4 is 10.1 Å². The number of nitriles is 1. The van der Waals surface area contributed by atoms with E-state index < -0.39 is 23.6 Å². The molecule has 0 aromatic heterocycles. The van der Waals surface area contributed by atoms with Gasteiger partial charge in [-0.05, 0) is 24.3 Å². The number of nitrogens with one attached hydrogen (secondary N) is 1. The quantitative estimate of drug-likeness (QED) is 0.812. The summed E-state index contributed by atoms with van der Waals surface area (Å²) in [6, 6.07) is 10.7. The Morgan fingerprint density at radius 3 is 2.79 bits per heavy atom. The lowest BCUT2D eigenvalue weighted by Gasteiger charge is -2.13. The normalized spacial score (nSPS) is 11.4. The van der Waals surface area contributed by atoms with Gasteiger partial charge in [-0.1, -0.05) is 12.1 Å². The molecule has 0 aliphatic heterocycles. The van der Waals surface area contributed by atoms with E-state index in [2.05, 4.69) is 5.32 Å². The maximum absolute atomic E-state index is 13.7. The van der Waals surface area contributed by atoms with Gasteiger partial charge in [0.25, 0.3) is 0 Å². The van der Waals surface area contributed by atoms with Crippen molar-refractivity contribution in [2.45, 2.75) is 10.9 Å². The van der Waals surface area contributed by atoms with E-state index in [0.717, 1.165) is 17.0 Å². The van der Waals surface area contributed by atoms with E-state index in [1.54, 1.807) is 31.4 Å². The number of hydrogen-bond donors (Lipinski definition) is 1. The fourth-order valence-electron chi connectivity index (χ4n) is 1.96. The fraction of sp³-hybridized carbons (Fsp3) is 0.176. The van der Waals surface area contributed by atoms with Crippen molar-refractivity contribution in [3.05, 3.63) is 59.7 Å². The van der Waals surface area contributed by atoms with Crippen LogP contribution in [0.2, 0.25) is 0 Å². The zero-order valence-electron chi connectivity index (χ0n) is 12.8. The molecule has 0 radical (unpaired) electrons. The highest BCUT2D eigenvalue weighted by Gasteiger charge is 2.18. The van der Waals surface area contributed by atoms with E-state index in [1.165, 1.54) is 11.8 Å². The summed E-state index contributed by atoms with van der Waals surface area (Å²) in [6.07, 6.45) is 0. The third-order valence-electron chi connectivity index (χ3n) is 3.12. The van der Waals surface area contributed by atoms with Gasteiger partial charge in [-0.25, -0.2) is 8.78 Å². The number of amides is 1. The number of benzene rings is 2. The van der Waals surface area contributed by atoms with E-state index in [0.29, 0.717) is 11.8 Å².